The van der Waals surface area contributed by atoms with E-state index in [2.05, 4.69) is 52.3 Å². The summed E-state index contributed by atoms with van der Waals surface area (Å²) in [6.45, 7) is 6.83. The molecule has 0 saturated carbocycles. The molecule has 2 aromatic rings. The van der Waals surface area contributed by atoms with Gasteiger partial charge in [-0.1, -0.05) is 19.1 Å². The molecule has 0 radical (unpaired) electrons. The Hall–Kier alpha value is -2.32. The number of hydrogen-bond acceptors (Lipinski definition) is 6. The predicted molar refractivity (Wildman–Crippen MR) is 126 cm³/mol. The highest BCUT2D eigenvalue weighted by Crippen LogP contribution is 2.37. The highest BCUT2D eigenvalue weighted by atomic mass is 32.2. The zero-order chi connectivity index (χ0) is 21.8. The Balaban J connectivity index is 1.40. The van der Waals surface area contributed by atoms with Crippen molar-refractivity contribution in [1.29, 1.82) is 0 Å². The van der Waals surface area contributed by atoms with E-state index in [9.17, 15) is 4.79 Å². The molecular formula is C23H32N6OS. The minimum Gasteiger partial charge on any atom is -0.353 e. The third-order valence-electron chi connectivity index (χ3n) is 6.30. The summed E-state index contributed by atoms with van der Waals surface area (Å²) in [4.78, 5) is 29.7. The van der Waals surface area contributed by atoms with Gasteiger partial charge >= 0.3 is 6.03 Å². The first-order chi connectivity index (χ1) is 15.1. The molecule has 166 valence electrons. The Morgan fingerprint density at radius 1 is 1.19 bits per heavy atom. The number of fused-ring (bicyclic) bond motifs is 1. The summed E-state index contributed by atoms with van der Waals surface area (Å²) in [7, 11) is 0. The lowest BCUT2D eigenvalue weighted by molar-refractivity contribution is 0.148. The lowest BCUT2D eigenvalue weighted by atomic mass is 10.1. The summed E-state index contributed by atoms with van der Waals surface area (Å²) in [5.41, 5.74) is 9.45. The van der Waals surface area contributed by atoms with Crippen molar-refractivity contribution in [1.82, 2.24) is 19.8 Å². The maximum Gasteiger partial charge on any atom is 0.320 e. The molecule has 1 saturated heterocycles. The number of hydrogen-bond donors (Lipinski definition) is 1. The van der Waals surface area contributed by atoms with Crippen LogP contribution in [0.15, 0.2) is 35.5 Å². The fourth-order valence-corrected chi connectivity index (χ4v) is 4.94. The number of aromatic nitrogens is 2. The molecule has 0 unspecified atom stereocenters. The lowest BCUT2D eigenvalue weighted by Crippen LogP contribution is -2.53. The first-order valence-electron chi connectivity index (χ1n) is 11.1. The van der Waals surface area contributed by atoms with Gasteiger partial charge in [0.2, 0.25) is 0 Å². The van der Waals surface area contributed by atoms with Crippen LogP contribution in [0, 0.1) is 0 Å². The molecule has 1 aliphatic carbocycles. The Morgan fingerprint density at radius 2 is 1.94 bits per heavy atom. The van der Waals surface area contributed by atoms with Gasteiger partial charge in [0, 0.05) is 62.0 Å². The minimum absolute atomic E-state index is 0.0697. The quantitative estimate of drug-likeness (QED) is 0.696. The monoisotopic (exact) mass is 440 g/mol. The van der Waals surface area contributed by atoms with Crippen molar-refractivity contribution in [3.05, 3.63) is 47.4 Å². The zero-order valence-electron chi connectivity index (χ0n) is 18.5. The second-order valence-electron chi connectivity index (χ2n) is 8.31. The molecule has 1 aliphatic heterocycles. The summed E-state index contributed by atoms with van der Waals surface area (Å²) in [5, 5.41) is 0. The summed E-state index contributed by atoms with van der Waals surface area (Å²) in [6.07, 6.45) is 5.94. The molecule has 2 heterocycles. The van der Waals surface area contributed by atoms with Gasteiger partial charge in [-0.15, -0.1) is 11.8 Å². The first-order valence-corrected chi connectivity index (χ1v) is 12.3. The third kappa shape index (κ3) is 4.80. The van der Waals surface area contributed by atoms with Crippen LogP contribution in [0.5, 0.6) is 0 Å². The van der Waals surface area contributed by atoms with Crippen LogP contribution in [0.4, 0.5) is 10.6 Å². The number of benzene rings is 1. The largest absolute Gasteiger partial charge is 0.353 e. The van der Waals surface area contributed by atoms with Gasteiger partial charge < -0.3 is 20.4 Å². The molecule has 1 aromatic heterocycles. The molecular weight excluding hydrogens is 408 g/mol. The Labute approximate surface area is 189 Å². The number of urea groups is 1. The van der Waals surface area contributed by atoms with Gasteiger partial charge in [-0.25, -0.2) is 14.8 Å². The Kier molecular flexibility index (Phi) is 6.97. The van der Waals surface area contributed by atoms with E-state index < -0.39 is 0 Å². The van der Waals surface area contributed by atoms with E-state index in [1.165, 1.54) is 16.2 Å². The molecule has 0 spiro atoms. The average Bonchev–Trinajstić information content (AvgIpc) is 3.20. The number of amides is 2. The van der Waals surface area contributed by atoms with Crippen molar-refractivity contribution in [3.8, 4) is 0 Å². The van der Waals surface area contributed by atoms with Crippen LogP contribution in [0.25, 0.3) is 0 Å². The molecule has 2 N–H and O–H groups in total. The minimum atomic E-state index is 0.0697. The lowest BCUT2D eigenvalue weighted by Gasteiger charge is -2.38. The van der Waals surface area contributed by atoms with Crippen LogP contribution >= 0.6 is 11.8 Å². The van der Waals surface area contributed by atoms with E-state index in [0.29, 0.717) is 38.6 Å². The summed E-state index contributed by atoms with van der Waals surface area (Å²) >= 11 is 1.72. The number of nitrogens with two attached hydrogens (primary N) is 1. The molecule has 2 aliphatic rings. The molecule has 0 bridgehead atoms. The van der Waals surface area contributed by atoms with E-state index in [4.69, 9.17) is 5.73 Å². The molecule has 7 nitrogen and oxygen atoms in total. The van der Waals surface area contributed by atoms with Crippen LogP contribution in [-0.4, -0.2) is 71.3 Å². The smallest absolute Gasteiger partial charge is 0.320 e. The number of anilines is 1. The number of carbonyl (C=O) groups excluding carboxylic acids is 1. The highest BCUT2D eigenvalue weighted by Gasteiger charge is 2.30. The maximum absolute atomic E-state index is 13.2. The van der Waals surface area contributed by atoms with Crippen LogP contribution in [0.2, 0.25) is 0 Å². The van der Waals surface area contributed by atoms with Gasteiger partial charge in [0.05, 0.1) is 0 Å². The SMILES string of the molecule is CSc1ccc(CN(CCN)C(=O)N2CCN(c3ncnc4c3[C@H](C)CC4)CC2)cc1. The second-order valence-corrected chi connectivity index (χ2v) is 9.19. The normalized spacial score (nSPS) is 18.2. The number of piperazine rings is 1. The number of aryl methyl sites for hydroxylation is 1. The van der Waals surface area contributed by atoms with Crippen molar-refractivity contribution in [2.45, 2.75) is 37.1 Å². The van der Waals surface area contributed by atoms with Gasteiger partial charge in [0.1, 0.15) is 12.1 Å². The molecule has 31 heavy (non-hydrogen) atoms. The van der Waals surface area contributed by atoms with E-state index in [1.807, 2.05) is 9.80 Å². The summed E-state index contributed by atoms with van der Waals surface area (Å²) < 4.78 is 0. The first kappa shape index (κ1) is 21.9. The number of rotatable bonds is 6. The van der Waals surface area contributed by atoms with Crippen molar-refractivity contribution < 1.29 is 4.79 Å². The summed E-state index contributed by atoms with van der Waals surface area (Å²) in [5.74, 6) is 1.57. The van der Waals surface area contributed by atoms with Crippen LogP contribution in [0.1, 0.15) is 36.1 Å². The molecule has 8 heteroatoms. The van der Waals surface area contributed by atoms with Crippen molar-refractivity contribution >= 4 is 23.6 Å². The number of thioether (sulfide) groups is 1. The van der Waals surface area contributed by atoms with Crippen molar-refractivity contribution in [2.75, 3.05) is 50.4 Å². The van der Waals surface area contributed by atoms with Gasteiger partial charge in [-0.05, 0) is 42.7 Å². The maximum atomic E-state index is 13.2. The van der Waals surface area contributed by atoms with Gasteiger partial charge in [0.15, 0.2) is 0 Å². The third-order valence-corrected chi connectivity index (χ3v) is 7.05. The molecule has 1 atom stereocenters. The fourth-order valence-electron chi connectivity index (χ4n) is 4.53. The predicted octanol–water partition coefficient (Wildman–Crippen LogP) is 2.95. The van der Waals surface area contributed by atoms with Crippen molar-refractivity contribution in [2.24, 2.45) is 5.73 Å². The molecule has 4 rings (SSSR count). The second kappa shape index (κ2) is 9.87. The van der Waals surface area contributed by atoms with Gasteiger partial charge in [-0.2, -0.15) is 0 Å². The van der Waals surface area contributed by atoms with Crippen LogP contribution in [0.3, 0.4) is 0 Å². The molecule has 1 fully saturated rings. The highest BCUT2D eigenvalue weighted by molar-refractivity contribution is 7.98. The van der Waals surface area contributed by atoms with Gasteiger partial charge in [-0.3, -0.25) is 0 Å². The zero-order valence-corrected chi connectivity index (χ0v) is 19.3. The Bertz CT molecular complexity index is 897. The van der Waals surface area contributed by atoms with Crippen molar-refractivity contribution in [3.63, 3.8) is 0 Å². The van der Waals surface area contributed by atoms with E-state index in [1.54, 1.807) is 18.1 Å². The van der Waals surface area contributed by atoms with Crippen LogP contribution in [-0.2, 0) is 13.0 Å². The fraction of sp³-hybridized carbons (Fsp3) is 0.522. The van der Waals surface area contributed by atoms with E-state index in [-0.39, 0.29) is 6.03 Å². The number of carbonyl (C=O) groups is 1. The van der Waals surface area contributed by atoms with Gasteiger partial charge in [0.25, 0.3) is 0 Å². The Morgan fingerprint density at radius 3 is 2.61 bits per heavy atom. The average molecular weight is 441 g/mol. The van der Waals surface area contributed by atoms with Crippen LogP contribution < -0.4 is 10.6 Å². The number of nitrogens with zero attached hydrogens (tertiary/aromatic N) is 5. The summed E-state index contributed by atoms with van der Waals surface area (Å²) in [6, 6.07) is 8.46. The standard InChI is InChI=1S/C23H32N6OS/c1-17-3-8-20-21(17)22(26-16-25-20)27-11-13-28(14-12-27)23(30)29(10-9-24)15-18-4-6-19(31-2)7-5-18/h4-7,16-17H,3,8-15,24H2,1-2H3/t17-/m1/s1. The van der Waals surface area contributed by atoms with E-state index >= 15 is 0 Å². The molecule has 1 aromatic carbocycles. The topological polar surface area (TPSA) is 78.6 Å². The molecule has 2 amide bonds. The van der Waals surface area contributed by atoms with E-state index in [0.717, 1.165) is 37.3 Å².